The van der Waals surface area contributed by atoms with E-state index in [2.05, 4.69) is 0 Å². The summed E-state index contributed by atoms with van der Waals surface area (Å²) in [6.07, 6.45) is -0.688. The van der Waals surface area contributed by atoms with Crippen LogP contribution in [0.3, 0.4) is 0 Å². The Kier molecular flexibility index (Phi) is 3.21. The van der Waals surface area contributed by atoms with Gasteiger partial charge in [0, 0.05) is 11.6 Å². The molecule has 5 nitrogen and oxygen atoms in total. The lowest BCUT2D eigenvalue weighted by atomic mass is 10.1. The van der Waals surface area contributed by atoms with Crippen molar-refractivity contribution in [3.8, 4) is 0 Å². The zero-order valence-corrected chi connectivity index (χ0v) is 7.99. The second-order valence-electron chi connectivity index (χ2n) is 2.69. The summed E-state index contributed by atoms with van der Waals surface area (Å²) in [6.45, 7) is 0. The van der Waals surface area contributed by atoms with E-state index in [0.29, 0.717) is 0 Å². The van der Waals surface area contributed by atoms with E-state index in [-0.39, 0.29) is 5.56 Å². The van der Waals surface area contributed by atoms with Gasteiger partial charge in [-0.1, -0.05) is 11.6 Å². The lowest BCUT2D eigenvalue weighted by molar-refractivity contribution is -0.384. The van der Waals surface area contributed by atoms with Crippen LogP contribution in [0.4, 0.5) is 10.1 Å². The fourth-order valence-corrected chi connectivity index (χ4v) is 1.33. The third-order valence-corrected chi connectivity index (χ3v) is 2.11. The van der Waals surface area contributed by atoms with E-state index in [1.807, 2.05) is 0 Å². The number of hydrogen-bond acceptors (Lipinski definition) is 3. The van der Waals surface area contributed by atoms with Crippen LogP contribution in [-0.2, 0) is 11.2 Å². The maximum Gasteiger partial charge on any atom is 0.307 e. The lowest BCUT2D eigenvalue weighted by Gasteiger charge is -2.03. The van der Waals surface area contributed by atoms with E-state index in [1.165, 1.54) is 0 Å². The van der Waals surface area contributed by atoms with E-state index in [9.17, 15) is 19.3 Å². The van der Waals surface area contributed by atoms with Crippen LogP contribution in [0.1, 0.15) is 5.56 Å². The summed E-state index contributed by atoms with van der Waals surface area (Å²) >= 11 is 5.51. The summed E-state index contributed by atoms with van der Waals surface area (Å²) in [6, 6.07) is 1.71. The van der Waals surface area contributed by atoms with Gasteiger partial charge in [-0.15, -0.1) is 0 Å². The Morgan fingerprint density at radius 1 is 1.60 bits per heavy atom. The monoisotopic (exact) mass is 233 g/mol. The van der Waals surface area contributed by atoms with Gasteiger partial charge in [0.15, 0.2) is 0 Å². The van der Waals surface area contributed by atoms with Gasteiger partial charge in [-0.3, -0.25) is 14.9 Å². The molecule has 1 aromatic carbocycles. The highest BCUT2D eigenvalue weighted by atomic mass is 35.5. The molecule has 1 aromatic rings. The molecule has 7 heteroatoms. The van der Waals surface area contributed by atoms with Crippen molar-refractivity contribution in [2.45, 2.75) is 6.42 Å². The number of carboxylic acids is 1. The van der Waals surface area contributed by atoms with Gasteiger partial charge in [0.25, 0.3) is 5.69 Å². The molecule has 0 atom stereocenters. The predicted octanol–water partition coefficient (Wildman–Crippen LogP) is 2.01. The quantitative estimate of drug-likeness (QED) is 0.640. The van der Waals surface area contributed by atoms with Crippen LogP contribution >= 0.6 is 11.6 Å². The number of carboxylic acid groups (broad SMARTS) is 1. The molecule has 80 valence electrons. The summed E-state index contributed by atoms with van der Waals surface area (Å²) in [5.41, 5.74) is -0.882. The Morgan fingerprint density at radius 3 is 2.67 bits per heavy atom. The summed E-state index contributed by atoms with van der Waals surface area (Å²) in [5.74, 6) is -2.18. The first-order valence-corrected chi connectivity index (χ1v) is 4.14. The molecule has 0 aliphatic heterocycles. The average Bonchev–Trinajstić information content (AvgIpc) is 2.11. The van der Waals surface area contributed by atoms with Crippen LogP contribution in [0.2, 0.25) is 5.02 Å². The van der Waals surface area contributed by atoms with Gasteiger partial charge < -0.3 is 5.11 Å². The molecule has 15 heavy (non-hydrogen) atoms. The minimum Gasteiger partial charge on any atom is -0.481 e. The molecule has 0 aromatic heterocycles. The molecule has 0 bridgehead atoms. The highest BCUT2D eigenvalue weighted by Gasteiger charge is 2.20. The third kappa shape index (κ3) is 2.41. The van der Waals surface area contributed by atoms with Crippen molar-refractivity contribution in [3.05, 3.63) is 38.7 Å². The van der Waals surface area contributed by atoms with Gasteiger partial charge >= 0.3 is 5.97 Å². The summed E-state index contributed by atoms with van der Waals surface area (Å²) in [7, 11) is 0. The Balaban J connectivity index is 3.29. The molecule has 0 amide bonds. The topological polar surface area (TPSA) is 80.4 Å². The second-order valence-corrected chi connectivity index (χ2v) is 3.06. The zero-order valence-electron chi connectivity index (χ0n) is 7.24. The van der Waals surface area contributed by atoms with E-state index >= 15 is 0 Å². The van der Waals surface area contributed by atoms with Crippen LogP contribution in [0.25, 0.3) is 0 Å². The summed E-state index contributed by atoms with van der Waals surface area (Å²) in [5, 5.41) is 18.4. The van der Waals surface area contributed by atoms with Crippen LogP contribution in [0, 0.1) is 15.9 Å². The van der Waals surface area contributed by atoms with Crippen molar-refractivity contribution in [1.29, 1.82) is 0 Å². The summed E-state index contributed by atoms with van der Waals surface area (Å²) in [4.78, 5) is 20.0. The molecule has 0 radical (unpaired) electrons. The first-order valence-electron chi connectivity index (χ1n) is 3.76. The Morgan fingerprint density at radius 2 is 2.20 bits per heavy atom. The van der Waals surface area contributed by atoms with Gasteiger partial charge in [-0.2, -0.15) is 0 Å². The van der Waals surface area contributed by atoms with Crippen molar-refractivity contribution < 1.29 is 19.2 Å². The number of hydrogen-bond donors (Lipinski definition) is 1. The van der Waals surface area contributed by atoms with Crippen molar-refractivity contribution in [2.75, 3.05) is 0 Å². The minimum atomic E-state index is -1.31. The maximum atomic E-state index is 13.1. The summed E-state index contributed by atoms with van der Waals surface area (Å²) < 4.78 is 13.1. The second kappa shape index (κ2) is 4.22. The number of rotatable bonds is 3. The number of nitro benzene ring substituents is 1. The molecule has 0 spiro atoms. The molecule has 0 aliphatic rings. The highest BCUT2D eigenvalue weighted by Crippen LogP contribution is 2.30. The smallest absolute Gasteiger partial charge is 0.307 e. The van der Waals surface area contributed by atoms with Crippen LogP contribution < -0.4 is 0 Å². The van der Waals surface area contributed by atoms with Crippen LogP contribution in [0.5, 0.6) is 0 Å². The molecule has 0 heterocycles. The number of carbonyl (C=O) groups is 1. The SMILES string of the molecule is O=C(O)Cc1c(F)ccc([N+](=O)[O-])c1Cl. The van der Waals surface area contributed by atoms with E-state index in [1.54, 1.807) is 0 Å². The van der Waals surface area contributed by atoms with Crippen molar-refractivity contribution >= 4 is 23.3 Å². The number of benzene rings is 1. The minimum absolute atomic E-state index is 0.377. The molecule has 0 aliphatic carbocycles. The third-order valence-electron chi connectivity index (χ3n) is 1.69. The molecule has 0 saturated heterocycles. The van der Waals surface area contributed by atoms with E-state index < -0.39 is 33.8 Å². The Hall–Kier alpha value is -1.69. The van der Waals surface area contributed by atoms with Crippen LogP contribution in [0.15, 0.2) is 12.1 Å². The molecular weight excluding hydrogens is 229 g/mol. The van der Waals surface area contributed by atoms with Gasteiger partial charge in [-0.05, 0) is 6.07 Å². The van der Waals surface area contributed by atoms with Crippen molar-refractivity contribution in [1.82, 2.24) is 0 Å². The maximum absolute atomic E-state index is 13.1. The fourth-order valence-electron chi connectivity index (χ4n) is 1.04. The molecular formula is C8H5ClFNO4. The normalized spacial score (nSPS) is 10.0. The molecule has 1 N–H and O–H groups in total. The molecule has 0 saturated carbocycles. The predicted molar refractivity (Wildman–Crippen MR) is 49.4 cm³/mol. The molecule has 1 rings (SSSR count). The van der Waals surface area contributed by atoms with E-state index in [0.717, 1.165) is 12.1 Å². The molecule has 0 fully saturated rings. The van der Waals surface area contributed by atoms with Crippen molar-refractivity contribution in [3.63, 3.8) is 0 Å². The molecule has 0 unspecified atom stereocenters. The van der Waals surface area contributed by atoms with Gasteiger partial charge in [-0.25, -0.2) is 4.39 Å². The number of nitro groups is 1. The van der Waals surface area contributed by atoms with Crippen molar-refractivity contribution in [2.24, 2.45) is 0 Å². The Labute approximate surface area is 88.2 Å². The van der Waals surface area contributed by atoms with Gasteiger partial charge in [0.05, 0.1) is 11.3 Å². The van der Waals surface area contributed by atoms with Gasteiger partial charge in [0.2, 0.25) is 0 Å². The van der Waals surface area contributed by atoms with Gasteiger partial charge in [0.1, 0.15) is 10.8 Å². The first-order chi connectivity index (χ1) is 6.93. The highest BCUT2D eigenvalue weighted by molar-refractivity contribution is 6.33. The van der Waals surface area contributed by atoms with E-state index in [4.69, 9.17) is 16.7 Å². The lowest BCUT2D eigenvalue weighted by Crippen LogP contribution is -2.04. The number of halogens is 2. The standard InChI is InChI=1S/C8H5ClFNO4/c9-8-4(3-7(12)13)5(10)1-2-6(8)11(14)15/h1-2H,3H2,(H,12,13). The average molecular weight is 234 g/mol. The zero-order chi connectivity index (χ0) is 11.6. The largest absolute Gasteiger partial charge is 0.481 e. The number of aliphatic carboxylic acids is 1. The first kappa shape index (κ1) is 11.4. The number of nitrogens with zero attached hydrogens (tertiary/aromatic N) is 1. The fraction of sp³-hybridized carbons (Fsp3) is 0.125. The Bertz CT molecular complexity index is 435. The van der Waals surface area contributed by atoms with Crippen LogP contribution in [-0.4, -0.2) is 16.0 Å².